The Kier molecular flexibility index (Phi) is 6.54. The van der Waals surface area contributed by atoms with Gasteiger partial charge in [-0.05, 0) is 42.8 Å². The van der Waals surface area contributed by atoms with Crippen molar-refractivity contribution in [3.8, 4) is 5.75 Å². The van der Waals surface area contributed by atoms with Gasteiger partial charge in [-0.1, -0.05) is 46.8 Å². The van der Waals surface area contributed by atoms with E-state index in [1.165, 1.54) is 30.2 Å². The Labute approximate surface area is 170 Å². The zero-order chi connectivity index (χ0) is 19.2. The maximum absolute atomic E-state index is 12.2. The van der Waals surface area contributed by atoms with Crippen LogP contribution in [0.2, 0.25) is 5.02 Å². The molecule has 0 saturated heterocycles. The van der Waals surface area contributed by atoms with Gasteiger partial charge in [0, 0.05) is 10.7 Å². The van der Waals surface area contributed by atoms with E-state index in [2.05, 4.69) is 20.8 Å². The van der Waals surface area contributed by atoms with Gasteiger partial charge < -0.3 is 15.4 Å². The number of rotatable bonds is 7. The molecule has 0 fully saturated rings. The molecule has 0 aliphatic heterocycles. The van der Waals surface area contributed by atoms with Crippen LogP contribution in [0.3, 0.4) is 0 Å². The molecule has 0 bridgehead atoms. The summed E-state index contributed by atoms with van der Waals surface area (Å²) < 4.78 is 5.93. The van der Waals surface area contributed by atoms with Crippen molar-refractivity contribution < 1.29 is 9.53 Å². The summed E-state index contributed by atoms with van der Waals surface area (Å²) in [5.74, 6) is 0.580. The van der Waals surface area contributed by atoms with Crippen molar-refractivity contribution >= 4 is 57.1 Å². The average Bonchev–Trinajstić information content (AvgIpc) is 3.08. The summed E-state index contributed by atoms with van der Waals surface area (Å²) in [6.45, 7) is 2.03. The third-order valence-electron chi connectivity index (χ3n) is 3.44. The number of carbonyl (C=O) groups is 1. The van der Waals surface area contributed by atoms with Gasteiger partial charge in [0.2, 0.25) is 11.0 Å². The summed E-state index contributed by atoms with van der Waals surface area (Å²) >= 11 is 8.69. The Hall–Kier alpha value is -2.29. The fourth-order valence-corrected chi connectivity index (χ4v) is 4.00. The molecule has 2 aromatic carbocycles. The first-order valence-corrected chi connectivity index (χ1v) is 10.1. The number of benzene rings is 2. The number of nitrogens with one attached hydrogen (secondary N) is 2. The van der Waals surface area contributed by atoms with Gasteiger partial charge in [0.15, 0.2) is 4.34 Å². The predicted octanol–water partition coefficient (Wildman–Crippen LogP) is 4.98. The highest BCUT2D eigenvalue weighted by Crippen LogP contribution is 2.30. The number of amides is 1. The lowest BCUT2D eigenvalue weighted by molar-refractivity contribution is -0.113. The van der Waals surface area contributed by atoms with E-state index in [0.717, 1.165) is 11.3 Å². The van der Waals surface area contributed by atoms with Gasteiger partial charge in [0.25, 0.3) is 0 Å². The Morgan fingerprint density at radius 1 is 1.26 bits per heavy atom. The van der Waals surface area contributed by atoms with Crippen molar-refractivity contribution in [1.82, 2.24) is 10.2 Å². The van der Waals surface area contributed by atoms with E-state index in [1.54, 1.807) is 18.2 Å². The molecule has 2 N–H and O–H groups in total. The van der Waals surface area contributed by atoms with E-state index in [4.69, 9.17) is 16.3 Å². The number of hydrogen-bond acceptors (Lipinski definition) is 7. The van der Waals surface area contributed by atoms with Crippen molar-refractivity contribution in [1.29, 1.82) is 0 Å². The number of aromatic nitrogens is 2. The Bertz CT molecular complexity index is 949. The smallest absolute Gasteiger partial charge is 0.234 e. The molecule has 0 aliphatic carbocycles. The first-order valence-electron chi connectivity index (χ1n) is 7.97. The van der Waals surface area contributed by atoms with Crippen LogP contribution in [0.25, 0.3) is 0 Å². The van der Waals surface area contributed by atoms with Crippen molar-refractivity contribution in [2.24, 2.45) is 0 Å². The molecule has 1 aromatic heterocycles. The first-order chi connectivity index (χ1) is 13.0. The zero-order valence-electron chi connectivity index (χ0n) is 14.7. The lowest BCUT2D eigenvalue weighted by Gasteiger charge is -2.09. The van der Waals surface area contributed by atoms with Gasteiger partial charge in [-0.15, -0.1) is 10.2 Å². The molecular formula is C18H17ClN4O2S2. The normalized spacial score (nSPS) is 10.5. The number of carbonyl (C=O) groups excluding carboxylic acids is 1. The molecular weight excluding hydrogens is 404 g/mol. The SMILES string of the molecule is COc1ccc(Cl)cc1NC(=O)CSc1nnc(Nc2cccc(C)c2)s1. The molecule has 0 radical (unpaired) electrons. The van der Waals surface area contributed by atoms with Gasteiger partial charge in [-0.25, -0.2) is 0 Å². The van der Waals surface area contributed by atoms with Gasteiger partial charge in [0.1, 0.15) is 5.75 Å². The van der Waals surface area contributed by atoms with Crippen LogP contribution in [-0.4, -0.2) is 29.0 Å². The fraction of sp³-hybridized carbons (Fsp3) is 0.167. The van der Waals surface area contributed by atoms with Crippen molar-refractivity contribution in [2.75, 3.05) is 23.5 Å². The van der Waals surface area contributed by atoms with E-state index >= 15 is 0 Å². The van der Waals surface area contributed by atoms with E-state index in [1.807, 2.05) is 31.2 Å². The van der Waals surface area contributed by atoms with Crippen molar-refractivity contribution in [3.05, 3.63) is 53.1 Å². The first kappa shape index (κ1) is 19.5. The summed E-state index contributed by atoms with van der Waals surface area (Å²) in [5.41, 5.74) is 2.65. The van der Waals surface area contributed by atoms with E-state index in [9.17, 15) is 4.79 Å². The summed E-state index contributed by atoms with van der Waals surface area (Å²) in [6.07, 6.45) is 0. The topological polar surface area (TPSA) is 76.1 Å². The molecule has 3 aromatic rings. The molecule has 0 aliphatic rings. The van der Waals surface area contributed by atoms with Crippen LogP contribution in [0.1, 0.15) is 5.56 Å². The number of aryl methyl sites for hydroxylation is 1. The number of ether oxygens (including phenoxy) is 1. The fourth-order valence-electron chi connectivity index (χ4n) is 2.26. The zero-order valence-corrected chi connectivity index (χ0v) is 17.0. The van der Waals surface area contributed by atoms with Crippen molar-refractivity contribution in [2.45, 2.75) is 11.3 Å². The minimum atomic E-state index is -0.177. The van der Waals surface area contributed by atoms with Crippen LogP contribution in [-0.2, 0) is 4.79 Å². The lowest BCUT2D eigenvalue weighted by atomic mass is 10.2. The predicted molar refractivity (Wildman–Crippen MR) is 112 cm³/mol. The van der Waals surface area contributed by atoms with Crippen LogP contribution in [0.15, 0.2) is 46.8 Å². The molecule has 0 atom stereocenters. The molecule has 3 rings (SSSR count). The number of thioether (sulfide) groups is 1. The van der Waals surface area contributed by atoms with E-state index < -0.39 is 0 Å². The maximum atomic E-state index is 12.2. The number of methoxy groups -OCH3 is 1. The van der Waals surface area contributed by atoms with Gasteiger partial charge in [0.05, 0.1) is 18.6 Å². The second-order valence-corrected chi connectivity index (χ2v) is 8.19. The Balaban J connectivity index is 1.55. The van der Waals surface area contributed by atoms with Gasteiger partial charge in [-0.2, -0.15) is 0 Å². The van der Waals surface area contributed by atoms with E-state index in [-0.39, 0.29) is 11.7 Å². The highest BCUT2D eigenvalue weighted by molar-refractivity contribution is 8.01. The summed E-state index contributed by atoms with van der Waals surface area (Å²) in [7, 11) is 1.54. The molecule has 9 heteroatoms. The molecule has 1 heterocycles. The number of halogens is 1. The van der Waals surface area contributed by atoms with Crippen molar-refractivity contribution in [3.63, 3.8) is 0 Å². The largest absolute Gasteiger partial charge is 0.495 e. The monoisotopic (exact) mass is 420 g/mol. The lowest BCUT2D eigenvalue weighted by Crippen LogP contribution is -2.14. The van der Waals surface area contributed by atoms with Gasteiger partial charge >= 0.3 is 0 Å². The second-order valence-electron chi connectivity index (χ2n) is 5.55. The average molecular weight is 421 g/mol. The van der Waals surface area contributed by atoms with Crippen LogP contribution in [0.4, 0.5) is 16.5 Å². The third-order valence-corrected chi connectivity index (χ3v) is 5.65. The molecule has 140 valence electrons. The van der Waals surface area contributed by atoms with Crippen LogP contribution in [0.5, 0.6) is 5.75 Å². The second kappa shape index (κ2) is 9.07. The molecule has 0 saturated carbocycles. The summed E-state index contributed by atoms with van der Waals surface area (Å²) in [4.78, 5) is 12.2. The number of hydrogen-bond donors (Lipinski definition) is 2. The van der Waals surface area contributed by atoms with Crippen LogP contribution in [0, 0.1) is 6.92 Å². The molecule has 1 amide bonds. The highest BCUT2D eigenvalue weighted by atomic mass is 35.5. The Morgan fingerprint density at radius 3 is 2.89 bits per heavy atom. The van der Waals surface area contributed by atoms with Crippen LogP contribution < -0.4 is 15.4 Å². The minimum Gasteiger partial charge on any atom is -0.495 e. The number of anilines is 3. The summed E-state index contributed by atoms with van der Waals surface area (Å²) in [6, 6.07) is 13.1. The minimum absolute atomic E-state index is 0.177. The molecule has 27 heavy (non-hydrogen) atoms. The Morgan fingerprint density at radius 2 is 2.11 bits per heavy atom. The molecule has 0 spiro atoms. The number of nitrogens with zero attached hydrogens (tertiary/aromatic N) is 2. The highest BCUT2D eigenvalue weighted by Gasteiger charge is 2.11. The van der Waals surface area contributed by atoms with Crippen LogP contribution >= 0.6 is 34.7 Å². The van der Waals surface area contributed by atoms with Gasteiger partial charge in [-0.3, -0.25) is 4.79 Å². The quantitative estimate of drug-likeness (QED) is 0.525. The maximum Gasteiger partial charge on any atom is 0.234 e. The van der Waals surface area contributed by atoms with E-state index in [0.29, 0.717) is 25.9 Å². The third kappa shape index (κ3) is 5.59. The molecule has 6 nitrogen and oxygen atoms in total. The molecule has 0 unspecified atom stereocenters. The summed E-state index contributed by atoms with van der Waals surface area (Å²) in [5, 5.41) is 15.4. The standard InChI is InChI=1S/C18H17ClN4O2S2/c1-11-4-3-5-13(8-11)20-17-22-23-18(27-17)26-10-16(24)21-14-9-12(19)6-7-15(14)25-2/h3-9H,10H2,1-2H3,(H,20,22)(H,21,24).